The number of aryl methyl sites for hydroxylation is 2. The van der Waals surface area contributed by atoms with E-state index in [1.165, 1.54) is 6.92 Å². The van der Waals surface area contributed by atoms with Gasteiger partial charge < -0.3 is 15.3 Å². The van der Waals surface area contributed by atoms with Gasteiger partial charge in [0.2, 0.25) is 5.91 Å². The lowest BCUT2D eigenvalue weighted by Gasteiger charge is -2.34. The molecule has 0 aliphatic heterocycles. The number of carbonyl (C=O) groups is 2. The molecule has 0 radical (unpaired) electrons. The molecule has 1 saturated carbocycles. The van der Waals surface area contributed by atoms with Crippen LogP contribution in [-0.2, 0) is 16.8 Å². The summed E-state index contributed by atoms with van der Waals surface area (Å²) in [5.74, 6) is -0.178. The number of carbonyl (C=O) groups excluding carboxylic acids is 2. The number of likely N-dealkylation sites (N-methyl/N-ethyl adjacent to an activating group) is 1. The third-order valence-corrected chi connectivity index (χ3v) is 6.66. The summed E-state index contributed by atoms with van der Waals surface area (Å²) < 4.78 is 1.76. The summed E-state index contributed by atoms with van der Waals surface area (Å²) in [6.45, 7) is 6.57. The molecule has 1 aromatic heterocycles. The van der Waals surface area contributed by atoms with Crippen LogP contribution in [0, 0.1) is 6.92 Å². The van der Waals surface area contributed by atoms with E-state index in [1.54, 1.807) is 22.8 Å². The summed E-state index contributed by atoms with van der Waals surface area (Å²) in [4.78, 5) is 26.5. The predicted molar refractivity (Wildman–Crippen MR) is 120 cm³/mol. The van der Waals surface area contributed by atoms with Gasteiger partial charge in [-0.3, -0.25) is 14.3 Å². The van der Waals surface area contributed by atoms with Crippen LogP contribution >= 0.6 is 0 Å². The zero-order chi connectivity index (χ0) is 22.6. The van der Waals surface area contributed by atoms with Crippen molar-refractivity contribution >= 4 is 11.8 Å². The Labute approximate surface area is 184 Å². The number of hydrogen-bond acceptors (Lipinski definition) is 4. The minimum Gasteiger partial charge on any atom is -0.391 e. The van der Waals surface area contributed by atoms with E-state index in [9.17, 15) is 14.7 Å². The van der Waals surface area contributed by atoms with Crippen LogP contribution in [0.5, 0.6) is 0 Å². The zero-order valence-corrected chi connectivity index (χ0v) is 19.0. The van der Waals surface area contributed by atoms with Crippen molar-refractivity contribution in [3.05, 3.63) is 53.3 Å². The number of aliphatic hydroxyl groups excluding tert-OH is 1. The molecule has 2 aromatic rings. The molecule has 2 amide bonds. The second kappa shape index (κ2) is 9.64. The van der Waals surface area contributed by atoms with Crippen LogP contribution in [0.15, 0.2) is 36.5 Å². The first kappa shape index (κ1) is 23.0. The van der Waals surface area contributed by atoms with Crippen LogP contribution < -0.4 is 5.32 Å². The Kier molecular flexibility index (Phi) is 7.15. The van der Waals surface area contributed by atoms with E-state index in [4.69, 9.17) is 0 Å². The predicted octanol–water partition coefficient (Wildman–Crippen LogP) is 2.66. The van der Waals surface area contributed by atoms with E-state index in [-0.39, 0.29) is 23.3 Å². The van der Waals surface area contributed by atoms with E-state index in [0.717, 1.165) is 18.4 Å². The van der Waals surface area contributed by atoms with Crippen molar-refractivity contribution in [3.8, 4) is 0 Å². The van der Waals surface area contributed by atoms with Crippen molar-refractivity contribution in [2.45, 2.75) is 70.6 Å². The van der Waals surface area contributed by atoms with Crippen molar-refractivity contribution in [1.29, 1.82) is 0 Å². The van der Waals surface area contributed by atoms with Gasteiger partial charge in [0, 0.05) is 38.7 Å². The summed E-state index contributed by atoms with van der Waals surface area (Å²) in [6.07, 6.45) is 3.87. The molecule has 2 N–H and O–H groups in total. The smallest absolute Gasteiger partial charge is 0.257 e. The van der Waals surface area contributed by atoms with Crippen LogP contribution in [0.3, 0.4) is 0 Å². The monoisotopic (exact) mass is 426 g/mol. The standard InChI is InChI=1S/C24H34N4O3/c1-5-28-15-20(17(2)26-28)23(31)27(4)21-11-13-24(14-12-22(21)30,16-25-18(3)29)19-9-7-6-8-10-19/h6-10,15,21-22,30H,5,11-14,16H2,1-4H3,(H,25,29)/t21-,22-,24-/m1/s1. The summed E-state index contributed by atoms with van der Waals surface area (Å²) in [6, 6.07) is 9.88. The number of hydrogen-bond donors (Lipinski definition) is 2. The van der Waals surface area contributed by atoms with Gasteiger partial charge in [-0.05, 0) is 45.1 Å². The molecule has 1 fully saturated rings. The Morgan fingerprint density at radius 1 is 1.26 bits per heavy atom. The molecule has 0 spiro atoms. The minimum atomic E-state index is -0.626. The summed E-state index contributed by atoms with van der Waals surface area (Å²) in [7, 11) is 1.77. The molecule has 0 bridgehead atoms. The fraction of sp³-hybridized carbons (Fsp3) is 0.542. The van der Waals surface area contributed by atoms with Crippen LogP contribution in [0.4, 0.5) is 0 Å². The summed E-state index contributed by atoms with van der Waals surface area (Å²) in [5, 5.41) is 18.4. The first-order chi connectivity index (χ1) is 14.8. The lowest BCUT2D eigenvalue weighted by molar-refractivity contribution is -0.119. The van der Waals surface area contributed by atoms with E-state index >= 15 is 0 Å². The van der Waals surface area contributed by atoms with E-state index in [1.807, 2.05) is 32.0 Å². The highest BCUT2D eigenvalue weighted by Crippen LogP contribution is 2.39. The largest absolute Gasteiger partial charge is 0.391 e. The van der Waals surface area contributed by atoms with E-state index in [0.29, 0.717) is 37.2 Å². The normalized spacial score (nSPS) is 23.8. The molecular weight excluding hydrogens is 392 g/mol. The molecule has 3 rings (SSSR count). The Morgan fingerprint density at radius 2 is 1.94 bits per heavy atom. The number of aromatic nitrogens is 2. The number of nitrogens with one attached hydrogen (secondary N) is 1. The Morgan fingerprint density at radius 3 is 2.55 bits per heavy atom. The van der Waals surface area contributed by atoms with Gasteiger partial charge in [-0.25, -0.2) is 0 Å². The van der Waals surface area contributed by atoms with Gasteiger partial charge in [0.15, 0.2) is 0 Å². The third-order valence-electron chi connectivity index (χ3n) is 6.66. The molecule has 0 unspecified atom stereocenters. The molecule has 7 nitrogen and oxygen atoms in total. The average Bonchev–Trinajstić information content (AvgIpc) is 3.06. The lowest BCUT2D eigenvalue weighted by Crippen LogP contribution is -2.44. The molecule has 1 aliphatic rings. The summed E-state index contributed by atoms with van der Waals surface area (Å²) in [5.41, 5.74) is 2.17. The first-order valence-corrected chi connectivity index (χ1v) is 11.1. The second-order valence-corrected chi connectivity index (χ2v) is 8.67. The van der Waals surface area contributed by atoms with Crippen molar-refractivity contribution in [2.24, 2.45) is 0 Å². The quantitative estimate of drug-likeness (QED) is 0.695. The number of aliphatic hydroxyl groups is 1. The van der Waals surface area contributed by atoms with Gasteiger partial charge in [-0.15, -0.1) is 0 Å². The Hall–Kier alpha value is -2.67. The maximum atomic E-state index is 13.2. The van der Waals surface area contributed by atoms with Crippen LogP contribution in [0.1, 0.15) is 61.1 Å². The Bertz CT molecular complexity index is 911. The second-order valence-electron chi connectivity index (χ2n) is 8.67. The van der Waals surface area contributed by atoms with E-state index in [2.05, 4.69) is 22.5 Å². The highest BCUT2D eigenvalue weighted by Gasteiger charge is 2.40. The number of rotatable bonds is 6. The highest BCUT2D eigenvalue weighted by atomic mass is 16.3. The maximum absolute atomic E-state index is 13.2. The van der Waals surface area contributed by atoms with Gasteiger partial charge in [0.25, 0.3) is 5.91 Å². The number of amides is 2. The SMILES string of the molecule is CCn1cc(C(=O)N(C)[C@@H]2CC[C@@](CNC(C)=O)(c3ccccc3)CC[C@H]2O)c(C)n1. The first-order valence-electron chi connectivity index (χ1n) is 11.1. The molecule has 3 atom stereocenters. The van der Waals surface area contributed by atoms with Crippen molar-refractivity contribution in [2.75, 3.05) is 13.6 Å². The topological polar surface area (TPSA) is 87.5 Å². The van der Waals surface area contributed by atoms with Gasteiger partial charge in [-0.1, -0.05) is 30.3 Å². The van der Waals surface area contributed by atoms with Crippen molar-refractivity contribution in [3.63, 3.8) is 0 Å². The van der Waals surface area contributed by atoms with Crippen molar-refractivity contribution in [1.82, 2.24) is 20.0 Å². The highest BCUT2D eigenvalue weighted by molar-refractivity contribution is 5.95. The Balaban J connectivity index is 1.84. The fourth-order valence-electron chi connectivity index (χ4n) is 4.69. The zero-order valence-electron chi connectivity index (χ0n) is 19.0. The van der Waals surface area contributed by atoms with Crippen LogP contribution in [-0.4, -0.2) is 57.3 Å². The molecule has 1 heterocycles. The molecule has 0 saturated heterocycles. The molecule has 31 heavy (non-hydrogen) atoms. The van der Waals surface area contributed by atoms with Gasteiger partial charge in [-0.2, -0.15) is 5.10 Å². The van der Waals surface area contributed by atoms with Gasteiger partial charge in [0.1, 0.15) is 0 Å². The van der Waals surface area contributed by atoms with Gasteiger partial charge >= 0.3 is 0 Å². The number of nitrogens with zero attached hydrogens (tertiary/aromatic N) is 3. The minimum absolute atomic E-state index is 0.0626. The molecule has 7 heteroatoms. The lowest BCUT2D eigenvalue weighted by atomic mass is 9.74. The molecule has 168 valence electrons. The van der Waals surface area contributed by atoms with Gasteiger partial charge in [0.05, 0.1) is 23.4 Å². The van der Waals surface area contributed by atoms with Crippen LogP contribution in [0.2, 0.25) is 0 Å². The summed E-state index contributed by atoms with van der Waals surface area (Å²) >= 11 is 0. The molecular formula is C24H34N4O3. The average molecular weight is 427 g/mol. The van der Waals surface area contributed by atoms with Crippen molar-refractivity contribution < 1.29 is 14.7 Å². The third kappa shape index (κ3) is 4.98. The van der Waals surface area contributed by atoms with Crippen LogP contribution in [0.25, 0.3) is 0 Å². The maximum Gasteiger partial charge on any atom is 0.257 e. The number of benzene rings is 1. The molecule has 1 aromatic carbocycles. The van der Waals surface area contributed by atoms with E-state index < -0.39 is 6.10 Å². The molecule has 1 aliphatic carbocycles. The fourth-order valence-corrected chi connectivity index (χ4v) is 4.69.